The summed E-state index contributed by atoms with van der Waals surface area (Å²) in [7, 11) is 0. The van der Waals surface area contributed by atoms with Gasteiger partial charge in [0.25, 0.3) is 5.91 Å². The normalized spacial score (nSPS) is 11.9. The van der Waals surface area contributed by atoms with Gasteiger partial charge in [-0.1, -0.05) is 46.3 Å². The van der Waals surface area contributed by atoms with Crippen LogP contribution in [0.3, 0.4) is 0 Å². The molecule has 98 valence electrons. The minimum atomic E-state index is -0.324. The summed E-state index contributed by atoms with van der Waals surface area (Å²) in [6.07, 6.45) is 1.64. The Bertz CT molecular complexity index is 591. The molecular weight excluding hydrogens is 308 g/mol. The Kier molecular flexibility index (Phi) is 4.16. The third-order valence-electron chi connectivity index (χ3n) is 2.61. The van der Waals surface area contributed by atoms with Gasteiger partial charge in [0.2, 0.25) is 5.78 Å². The van der Waals surface area contributed by atoms with Crippen molar-refractivity contribution in [2.75, 3.05) is 5.43 Å². The maximum atomic E-state index is 12.3. The van der Waals surface area contributed by atoms with Crippen LogP contribution in [-0.4, -0.2) is 21.2 Å². The first-order valence-electron chi connectivity index (χ1n) is 5.81. The number of alkyl halides is 1. The number of nitrogens with zero attached hydrogens (tertiary/aromatic N) is 1. The Morgan fingerprint density at radius 3 is 2.47 bits per heavy atom. The van der Waals surface area contributed by atoms with Gasteiger partial charge < -0.3 is 0 Å². The molecule has 0 aliphatic rings. The topological polar surface area (TPSA) is 51.1 Å². The summed E-state index contributed by atoms with van der Waals surface area (Å²) >= 11 is 3.18. The predicted octanol–water partition coefficient (Wildman–Crippen LogP) is 2.57. The van der Waals surface area contributed by atoms with Crippen LogP contribution in [-0.2, 0) is 4.79 Å². The number of halogens is 1. The monoisotopic (exact) mass is 320 g/mol. The van der Waals surface area contributed by atoms with Crippen molar-refractivity contribution < 1.29 is 9.59 Å². The van der Waals surface area contributed by atoms with Crippen LogP contribution in [0, 0.1) is 0 Å². The number of amides is 1. The van der Waals surface area contributed by atoms with Gasteiger partial charge in [-0.3, -0.25) is 19.7 Å². The molecule has 1 atom stereocenters. The van der Waals surface area contributed by atoms with Gasteiger partial charge in [-0.15, -0.1) is 0 Å². The standard InChI is InChI=1S/C14H13BrN2O2/c1-10(15)14(19)16-17-9-5-8-12(17)13(18)11-6-3-2-4-7-11/h2-10H,1H3,(H,16,19). The van der Waals surface area contributed by atoms with Crippen LogP contribution in [0.15, 0.2) is 48.7 Å². The Balaban J connectivity index is 2.25. The molecule has 0 saturated carbocycles. The minimum absolute atomic E-state index is 0.131. The number of carbonyl (C=O) groups excluding carboxylic acids is 2. The number of ketones is 1. The van der Waals surface area contributed by atoms with Crippen LogP contribution in [0.1, 0.15) is 23.0 Å². The molecule has 0 spiro atoms. The maximum absolute atomic E-state index is 12.3. The van der Waals surface area contributed by atoms with E-state index in [0.29, 0.717) is 11.3 Å². The molecule has 0 bridgehead atoms. The van der Waals surface area contributed by atoms with Gasteiger partial charge >= 0.3 is 0 Å². The van der Waals surface area contributed by atoms with Gasteiger partial charge in [0, 0.05) is 11.8 Å². The second kappa shape index (κ2) is 5.84. The van der Waals surface area contributed by atoms with Gasteiger partial charge in [0.05, 0.1) is 4.83 Å². The highest BCUT2D eigenvalue weighted by Gasteiger charge is 2.15. The summed E-state index contributed by atoms with van der Waals surface area (Å²) in [5, 5.41) is 0. The van der Waals surface area contributed by atoms with Crippen LogP contribution in [0.4, 0.5) is 0 Å². The second-order valence-corrected chi connectivity index (χ2v) is 5.42. The van der Waals surface area contributed by atoms with Crippen molar-refractivity contribution in [2.24, 2.45) is 0 Å². The maximum Gasteiger partial charge on any atom is 0.252 e. The van der Waals surface area contributed by atoms with Crippen molar-refractivity contribution in [2.45, 2.75) is 11.8 Å². The van der Waals surface area contributed by atoms with Gasteiger partial charge in [0.15, 0.2) is 0 Å². The van der Waals surface area contributed by atoms with E-state index < -0.39 is 0 Å². The molecule has 1 unspecified atom stereocenters. The lowest BCUT2D eigenvalue weighted by Gasteiger charge is -2.11. The molecule has 4 nitrogen and oxygen atoms in total. The summed E-state index contributed by atoms with van der Waals surface area (Å²) < 4.78 is 1.44. The smallest absolute Gasteiger partial charge is 0.252 e. The van der Waals surface area contributed by atoms with Crippen LogP contribution in [0.5, 0.6) is 0 Å². The average Bonchev–Trinajstić information content (AvgIpc) is 2.87. The van der Waals surface area contributed by atoms with Crippen molar-refractivity contribution in [3.63, 3.8) is 0 Å². The molecule has 0 fully saturated rings. The largest absolute Gasteiger partial charge is 0.287 e. The first-order valence-corrected chi connectivity index (χ1v) is 6.73. The second-order valence-electron chi connectivity index (χ2n) is 4.05. The minimum Gasteiger partial charge on any atom is -0.287 e. The van der Waals surface area contributed by atoms with Crippen molar-refractivity contribution in [3.05, 3.63) is 59.9 Å². The molecule has 1 aromatic heterocycles. The molecule has 5 heteroatoms. The molecule has 0 aliphatic heterocycles. The van der Waals surface area contributed by atoms with E-state index in [4.69, 9.17) is 0 Å². The predicted molar refractivity (Wildman–Crippen MR) is 77.1 cm³/mol. The molecule has 0 aliphatic carbocycles. The molecule has 1 amide bonds. The average molecular weight is 321 g/mol. The fraction of sp³-hybridized carbons (Fsp3) is 0.143. The lowest BCUT2D eigenvalue weighted by atomic mass is 10.1. The van der Waals surface area contributed by atoms with Crippen LogP contribution >= 0.6 is 15.9 Å². The summed E-state index contributed by atoms with van der Waals surface area (Å²) in [5.41, 5.74) is 3.66. The highest BCUT2D eigenvalue weighted by atomic mass is 79.9. The lowest BCUT2D eigenvalue weighted by Crippen LogP contribution is -2.30. The third-order valence-corrected chi connectivity index (χ3v) is 3.03. The number of hydrogen-bond acceptors (Lipinski definition) is 2. The molecule has 0 saturated heterocycles. The van der Waals surface area contributed by atoms with E-state index in [0.717, 1.165) is 0 Å². The Labute approximate surface area is 119 Å². The summed E-state index contributed by atoms with van der Waals surface area (Å²) in [5.74, 6) is -0.341. The van der Waals surface area contributed by atoms with Crippen molar-refractivity contribution >= 4 is 27.6 Å². The number of rotatable bonds is 4. The van der Waals surface area contributed by atoms with Crippen LogP contribution < -0.4 is 5.43 Å². The molecule has 2 rings (SSSR count). The summed E-state index contributed by atoms with van der Waals surface area (Å²) in [6, 6.07) is 12.3. The van der Waals surface area contributed by atoms with Gasteiger partial charge in [0.1, 0.15) is 5.69 Å². The highest BCUT2D eigenvalue weighted by molar-refractivity contribution is 9.10. The van der Waals surface area contributed by atoms with Crippen molar-refractivity contribution in [1.29, 1.82) is 0 Å². The van der Waals surface area contributed by atoms with Gasteiger partial charge in [-0.25, -0.2) is 0 Å². The number of aromatic nitrogens is 1. The van der Waals surface area contributed by atoms with E-state index in [2.05, 4.69) is 21.4 Å². The molecule has 2 aromatic rings. The van der Waals surface area contributed by atoms with E-state index in [9.17, 15) is 9.59 Å². The number of nitrogens with one attached hydrogen (secondary N) is 1. The Hall–Kier alpha value is -1.88. The van der Waals surface area contributed by atoms with Crippen molar-refractivity contribution in [1.82, 2.24) is 4.68 Å². The van der Waals surface area contributed by atoms with Crippen molar-refractivity contribution in [3.8, 4) is 0 Å². The van der Waals surface area contributed by atoms with Crippen LogP contribution in [0.25, 0.3) is 0 Å². The SMILES string of the molecule is CC(Br)C(=O)Nn1cccc1C(=O)c1ccccc1. The van der Waals surface area contributed by atoms with Gasteiger partial charge in [-0.05, 0) is 19.1 Å². The molecule has 19 heavy (non-hydrogen) atoms. The molecular formula is C14H13BrN2O2. The zero-order chi connectivity index (χ0) is 13.8. The number of hydrogen-bond donors (Lipinski definition) is 1. The van der Waals surface area contributed by atoms with E-state index in [1.54, 1.807) is 49.5 Å². The van der Waals surface area contributed by atoms with E-state index >= 15 is 0 Å². The first-order chi connectivity index (χ1) is 9.09. The molecule has 1 N–H and O–H groups in total. The number of carbonyl (C=O) groups is 2. The zero-order valence-electron chi connectivity index (χ0n) is 10.3. The van der Waals surface area contributed by atoms with E-state index in [1.165, 1.54) is 4.68 Å². The first kappa shape index (κ1) is 13.5. The summed E-state index contributed by atoms with van der Waals surface area (Å²) in [4.78, 5) is 23.6. The lowest BCUT2D eigenvalue weighted by molar-refractivity contribution is -0.116. The Morgan fingerprint density at radius 1 is 1.16 bits per heavy atom. The molecule has 1 aromatic carbocycles. The zero-order valence-corrected chi connectivity index (χ0v) is 11.9. The fourth-order valence-corrected chi connectivity index (χ4v) is 1.71. The summed E-state index contributed by atoms with van der Waals surface area (Å²) in [6.45, 7) is 1.72. The highest BCUT2D eigenvalue weighted by Crippen LogP contribution is 2.10. The van der Waals surface area contributed by atoms with E-state index in [-0.39, 0.29) is 16.5 Å². The fourth-order valence-electron chi connectivity index (χ4n) is 1.61. The Morgan fingerprint density at radius 2 is 1.84 bits per heavy atom. The van der Waals surface area contributed by atoms with Crippen LogP contribution in [0.2, 0.25) is 0 Å². The third kappa shape index (κ3) is 3.12. The molecule has 1 heterocycles. The quantitative estimate of drug-likeness (QED) is 0.695. The molecule has 0 radical (unpaired) electrons. The van der Waals surface area contributed by atoms with E-state index in [1.807, 2.05) is 6.07 Å². The number of benzene rings is 1. The van der Waals surface area contributed by atoms with Gasteiger partial charge in [-0.2, -0.15) is 0 Å².